The maximum absolute atomic E-state index is 11.7. The summed E-state index contributed by atoms with van der Waals surface area (Å²) in [6.07, 6.45) is 4.40. The van der Waals surface area contributed by atoms with Crippen LogP contribution in [0.1, 0.15) is 15.9 Å². The number of aromatic hydroxyl groups is 1. The Labute approximate surface area is 126 Å². The Balaban J connectivity index is 2.08. The zero-order chi connectivity index (χ0) is 15.2. The zero-order valence-corrected chi connectivity index (χ0v) is 11.8. The highest BCUT2D eigenvalue weighted by Crippen LogP contribution is 2.34. The van der Waals surface area contributed by atoms with Crippen LogP contribution in [0.3, 0.4) is 0 Å². The number of rotatable bonds is 4. The van der Waals surface area contributed by atoms with Gasteiger partial charge in [-0.15, -0.1) is 0 Å². The predicted octanol–water partition coefficient (Wildman–Crippen LogP) is 2.21. The molecule has 2 rings (SSSR count). The molecule has 0 fully saturated rings. The molecule has 0 radical (unpaired) electrons. The summed E-state index contributed by atoms with van der Waals surface area (Å²) in [7, 11) is 1.41. The van der Waals surface area contributed by atoms with Crippen molar-refractivity contribution in [2.75, 3.05) is 7.11 Å². The van der Waals surface area contributed by atoms with E-state index < -0.39 is 0 Å². The number of pyridine rings is 1. The lowest BCUT2D eigenvalue weighted by molar-refractivity contribution is 0.0955. The van der Waals surface area contributed by atoms with Crippen molar-refractivity contribution < 1.29 is 14.6 Å². The SMILES string of the molecule is COc1cc(/C=N\NC(=O)c2cccnc2)cc(Cl)c1O. The lowest BCUT2D eigenvalue weighted by Gasteiger charge is -2.06. The van der Waals surface area contributed by atoms with Crippen LogP contribution in [-0.2, 0) is 0 Å². The van der Waals surface area contributed by atoms with Crippen molar-refractivity contribution in [3.63, 3.8) is 0 Å². The van der Waals surface area contributed by atoms with Gasteiger partial charge >= 0.3 is 0 Å². The van der Waals surface area contributed by atoms with E-state index in [2.05, 4.69) is 15.5 Å². The van der Waals surface area contributed by atoms with Gasteiger partial charge in [-0.2, -0.15) is 5.10 Å². The summed E-state index contributed by atoms with van der Waals surface area (Å²) < 4.78 is 4.97. The first kappa shape index (κ1) is 14.8. The third kappa shape index (κ3) is 3.70. The number of hydrazone groups is 1. The summed E-state index contributed by atoms with van der Waals surface area (Å²) in [5, 5.41) is 13.6. The number of carbonyl (C=O) groups excluding carboxylic acids is 1. The number of nitrogens with one attached hydrogen (secondary N) is 1. The first-order valence-electron chi connectivity index (χ1n) is 5.91. The number of halogens is 1. The summed E-state index contributed by atoms with van der Waals surface area (Å²) in [6, 6.07) is 6.32. The number of methoxy groups -OCH3 is 1. The number of nitrogens with zero attached hydrogens (tertiary/aromatic N) is 2. The number of benzene rings is 1. The summed E-state index contributed by atoms with van der Waals surface area (Å²) in [6.45, 7) is 0. The van der Waals surface area contributed by atoms with Crippen molar-refractivity contribution in [3.8, 4) is 11.5 Å². The molecule has 1 amide bonds. The van der Waals surface area contributed by atoms with E-state index in [0.717, 1.165) is 0 Å². The van der Waals surface area contributed by atoms with Crippen molar-refractivity contribution in [2.24, 2.45) is 5.10 Å². The quantitative estimate of drug-likeness (QED) is 0.670. The smallest absolute Gasteiger partial charge is 0.272 e. The summed E-state index contributed by atoms with van der Waals surface area (Å²) in [5.74, 6) is -0.297. The fourth-order valence-corrected chi connectivity index (χ4v) is 1.77. The third-order valence-corrected chi connectivity index (χ3v) is 2.86. The summed E-state index contributed by atoms with van der Waals surface area (Å²) in [5.41, 5.74) is 3.33. The van der Waals surface area contributed by atoms with Gasteiger partial charge in [0.15, 0.2) is 11.5 Å². The Morgan fingerprint density at radius 2 is 2.33 bits per heavy atom. The molecule has 1 aromatic carbocycles. The number of phenolic OH excluding ortho intramolecular Hbond substituents is 1. The van der Waals surface area contributed by atoms with Crippen LogP contribution < -0.4 is 10.2 Å². The van der Waals surface area contributed by atoms with Crippen molar-refractivity contribution >= 4 is 23.7 Å². The lowest BCUT2D eigenvalue weighted by Crippen LogP contribution is -2.17. The van der Waals surface area contributed by atoms with E-state index in [9.17, 15) is 9.90 Å². The molecule has 1 aromatic heterocycles. The van der Waals surface area contributed by atoms with Gasteiger partial charge in [0, 0.05) is 12.4 Å². The number of carbonyl (C=O) groups is 1. The van der Waals surface area contributed by atoms with Gasteiger partial charge in [-0.05, 0) is 29.8 Å². The Morgan fingerprint density at radius 3 is 3.00 bits per heavy atom. The first-order valence-corrected chi connectivity index (χ1v) is 6.29. The molecule has 21 heavy (non-hydrogen) atoms. The van der Waals surface area contributed by atoms with Crippen molar-refractivity contribution in [1.82, 2.24) is 10.4 Å². The van der Waals surface area contributed by atoms with Crippen LogP contribution in [0.4, 0.5) is 0 Å². The fraction of sp³-hybridized carbons (Fsp3) is 0.0714. The molecule has 0 saturated heterocycles. The fourth-order valence-electron chi connectivity index (χ4n) is 1.55. The molecular weight excluding hydrogens is 294 g/mol. The molecule has 0 aliphatic heterocycles. The second kappa shape index (κ2) is 6.71. The van der Waals surface area contributed by atoms with E-state index in [1.54, 1.807) is 24.4 Å². The Morgan fingerprint density at radius 1 is 1.52 bits per heavy atom. The molecule has 2 N–H and O–H groups in total. The second-order valence-corrected chi connectivity index (χ2v) is 4.40. The van der Waals surface area contributed by atoms with Crippen molar-refractivity contribution in [1.29, 1.82) is 0 Å². The number of phenols is 1. The molecule has 0 bridgehead atoms. The molecule has 0 atom stereocenters. The molecule has 2 aromatic rings. The lowest BCUT2D eigenvalue weighted by atomic mass is 10.2. The van der Waals surface area contributed by atoms with Gasteiger partial charge in [-0.1, -0.05) is 11.6 Å². The van der Waals surface area contributed by atoms with Gasteiger partial charge < -0.3 is 9.84 Å². The predicted molar refractivity (Wildman–Crippen MR) is 79.0 cm³/mol. The first-order chi connectivity index (χ1) is 10.1. The topological polar surface area (TPSA) is 83.8 Å². The normalized spacial score (nSPS) is 10.6. The second-order valence-electron chi connectivity index (χ2n) is 3.99. The highest BCUT2D eigenvalue weighted by Gasteiger charge is 2.08. The molecule has 0 saturated carbocycles. The maximum atomic E-state index is 11.7. The minimum absolute atomic E-state index is 0.134. The number of hydrogen-bond donors (Lipinski definition) is 2. The van der Waals surface area contributed by atoms with Gasteiger partial charge in [-0.25, -0.2) is 5.43 Å². The van der Waals surface area contributed by atoms with E-state index in [0.29, 0.717) is 11.1 Å². The van der Waals surface area contributed by atoms with Gasteiger partial charge in [0.05, 0.1) is 23.9 Å². The number of aromatic nitrogens is 1. The van der Waals surface area contributed by atoms with Crippen LogP contribution in [0.2, 0.25) is 5.02 Å². The summed E-state index contributed by atoms with van der Waals surface area (Å²) >= 11 is 5.85. The minimum atomic E-state index is -0.379. The van der Waals surface area contributed by atoms with Gasteiger partial charge in [0.25, 0.3) is 5.91 Å². The Kier molecular flexibility index (Phi) is 4.73. The van der Waals surface area contributed by atoms with Gasteiger partial charge in [0.1, 0.15) is 0 Å². The number of hydrogen-bond acceptors (Lipinski definition) is 5. The van der Waals surface area contributed by atoms with Crippen LogP contribution >= 0.6 is 11.6 Å². The molecule has 0 aliphatic rings. The highest BCUT2D eigenvalue weighted by atomic mass is 35.5. The molecule has 0 spiro atoms. The van der Waals surface area contributed by atoms with Gasteiger partial charge in [0.2, 0.25) is 0 Å². The van der Waals surface area contributed by atoms with Crippen molar-refractivity contribution in [3.05, 3.63) is 52.8 Å². The van der Waals surface area contributed by atoms with E-state index in [1.807, 2.05) is 0 Å². The zero-order valence-electron chi connectivity index (χ0n) is 11.1. The molecule has 108 valence electrons. The van der Waals surface area contributed by atoms with Crippen molar-refractivity contribution in [2.45, 2.75) is 0 Å². The average molecular weight is 306 g/mol. The average Bonchev–Trinajstić information content (AvgIpc) is 2.51. The largest absolute Gasteiger partial charge is 0.503 e. The van der Waals surface area contributed by atoms with Crippen LogP contribution in [0.15, 0.2) is 41.8 Å². The van der Waals surface area contributed by atoms with E-state index in [-0.39, 0.29) is 22.4 Å². The van der Waals surface area contributed by atoms with Crippen LogP contribution in [0.25, 0.3) is 0 Å². The Bertz CT molecular complexity index is 675. The van der Waals surface area contributed by atoms with E-state index in [4.69, 9.17) is 16.3 Å². The minimum Gasteiger partial charge on any atom is -0.503 e. The highest BCUT2D eigenvalue weighted by molar-refractivity contribution is 6.32. The van der Waals surface area contributed by atoms with E-state index >= 15 is 0 Å². The summed E-state index contributed by atoms with van der Waals surface area (Å²) in [4.78, 5) is 15.6. The molecule has 6 nitrogen and oxygen atoms in total. The molecule has 7 heteroatoms. The number of amides is 1. The number of ether oxygens (including phenoxy) is 1. The van der Waals surface area contributed by atoms with Crippen LogP contribution in [0.5, 0.6) is 11.5 Å². The standard InChI is InChI=1S/C14H12ClN3O3/c1-21-12-6-9(5-11(15)13(12)19)7-17-18-14(20)10-3-2-4-16-8-10/h2-8,19H,1H3,(H,18,20)/b17-7-. The third-order valence-electron chi connectivity index (χ3n) is 2.57. The van der Waals surface area contributed by atoms with Crippen LogP contribution in [0, 0.1) is 0 Å². The maximum Gasteiger partial charge on any atom is 0.272 e. The monoisotopic (exact) mass is 305 g/mol. The molecule has 1 heterocycles. The molecule has 0 unspecified atom stereocenters. The Hall–Kier alpha value is -2.60. The van der Waals surface area contributed by atoms with Gasteiger partial charge in [-0.3, -0.25) is 9.78 Å². The molecule has 0 aliphatic carbocycles. The van der Waals surface area contributed by atoms with E-state index in [1.165, 1.54) is 25.6 Å². The molecular formula is C14H12ClN3O3. The van der Waals surface area contributed by atoms with Crippen LogP contribution in [-0.4, -0.2) is 29.3 Å².